The maximum atomic E-state index is 12.0. The van der Waals surface area contributed by atoms with Gasteiger partial charge in [0.1, 0.15) is 0 Å². The number of hydrogen-bond acceptors (Lipinski definition) is 2. The molecule has 0 fully saturated rings. The predicted molar refractivity (Wildman–Crippen MR) is 95.4 cm³/mol. The van der Waals surface area contributed by atoms with E-state index in [1.165, 1.54) is 6.92 Å². The molecular formula is C19H21ClN2O2. The minimum absolute atomic E-state index is 0.0548. The molecule has 2 aromatic rings. The minimum Gasteiger partial charge on any atom is -0.352 e. The normalized spacial score (nSPS) is 10.2. The largest absolute Gasteiger partial charge is 0.352 e. The Hall–Kier alpha value is -2.33. The van der Waals surface area contributed by atoms with Gasteiger partial charge in [-0.05, 0) is 23.3 Å². The quantitative estimate of drug-likeness (QED) is 0.837. The van der Waals surface area contributed by atoms with Crippen LogP contribution >= 0.6 is 11.6 Å². The number of nitrogens with one attached hydrogen (secondary N) is 1. The van der Waals surface area contributed by atoms with Crippen LogP contribution in [0.4, 0.5) is 0 Å². The molecule has 2 rings (SSSR count). The molecule has 0 aliphatic heterocycles. The second-order valence-corrected chi connectivity index (χ2v) is 6.02. The average molecular weight is 345 g/mol. The molecular weight excluding hydrogens is 324 g/mol. The van der Waals surface area contributed by atoms with E-state index in [1.807, 2.05) is 42.5 Å². The Balaban J connectivity index is 1.81. The van der Waals surface area contributed by atoms with Crippen molar-refractivity contribution >= 4 is 23.4 Å². The van der Waals surface area contributed by atoms with Gasteiger partial charge in [0.25, 0.3) is 0 Å². The van der Waals surface area contributed by atoms with E-state index in [-0.39, 0.29) is 18.2 Å². The fourth-order valence-electron chi connectivity index (χ4n) is 2.28. The highest BCUT2D eigenvalue weighted by Crippen LogP contribution is 2.12. The summed E-state index contributed by atoms with van der Waals surface area (Å²) in [5.41, 5.74) is 2.04. The van der Waals surface area contributed by atoms with Gasteiger partial charge in [-0.25, -0.2) is 0 Å². The van der Waals surface area contributed by atoms with Gasteiger partial charge in [-0.3, -0.25) is 9.59 Å². The van der Waals surface area contributed by atoms with E-state index >= 15 is 0 Å². The molecule has 2 amide bonds. The molecule has 0 heterocycles. The van der Waals surface area contributed by atoms with Crippen molar-refractivity contribution in [3.63, 3.8) is 0 Å². The Morgan fingerprint density at radius 2 is 1.67 bits per heavy atom. The summed E-state index contributed by atoms with van der Waals surface area (Å²) in [6.07, 6.45) is 0.278. The maximum absolute atomic E-state index is 12.0. The van der Waals surface area contributed by atoms with Gasteiger partial charge in [0.05, 0.1) is 0 Å². The fourth-order valence-corrected chi connectivity index (χ4v) is 2.41. The van der Waals surface area contributed by atoms with Crippen molar-refractivity contribution < 1.29 is 9.59 Å². The van der Waals surface area contributed by atoms with E-state index < -0.39 is 0 Å². The molecule has 0 aromatic heterocycles. The molecule has 0 unspecified atom stereocenters. The van der Waals surface area contributed by atoms with E-state index in [0.29, 0.717) is 24.7 Å². The van der Waals surface area contributed by atoms with Gasteiger partial charge < -0.3 is 10.2 Å². The lowest BCUT2D eigenvalue weighted by Crippen LogP contribution is -2.33. The van der Waals surface area contributed by atoms with Gasteiger partial charge in [0, 0.05) is 38.0 Å². The van der Waals surface area contributed by atoms with Crippen molar-refractivity contribution in [2.45, 2.75) is 26.4 Å². The first-order valence-electron chi connectivity index (χ1n) is 7.85. The average Bonchev–Trinajstić information content (AvgIpc) is 2.59. The molecule has 0 spiro atoms. The molecule has 4 nitrogen and oxygen atoms in total. The third kappa shape index (κ3) is 6.05. The number of amides is 2. The van der Waals surface area contributed by atoms with Gasteiger partial charge in [0.15, 0.2) is 0 Å². The van der Waals surface area contributed by atoms with Gasteiger partial charge in [0.2, 0.25) is 11.8 Å². The Labute approximate surface area is 147 Å². The van der Waals surface area contributed by atoms with Gasteiger partial charge in [-0.15, -0.1) is 0 Å². The maximum Gasteiger partial charge on any atom is 0.222 e. The highest BCUT2D eigenvalue weighted by Gasteiger charge is 2.12. The van der Waals surface area contributed by atoms with E-state index in [2.05, 4.69) is 5.32 Å². The van der Waals surface area contributed by atoms with Crippen LogP contribution in [0.2, 0.25) is 5.02 Å². The monoisotopic (exact) mass is 344 g/mol. The molecule has 0 saturated heterocycles. The number of halogens is 1. The zero-order valence-electron chi connectivity index (χ0n) is 13.7. The van der Waals surface area contributed by atoms with Gasteiger partial charge in [-0.2, -0.15) is 0 Å². The first-order chi connectivity index (χ1) is 11.5. The smallest absolute Gasteiger partial charge is 0.222 e. The molecule has 0 atom stereocenters. The lowest BCUT2D eigenvalue weighted by atomic mass is 10.2. The topological polar surface area (TPSA) is 49.4 Å². The van der Waals surface area contributed by atoms with Crippen LogP contribution in [-0.4, -0.2) is 23.3 Å². The molecule has 0 radical (unpaired) electrons. The summed E-state index contributed by atoms with van der Waals surface area (Å²) in [6.45, 7) is 2.87. The zero-order valence-corrected chi connectivity index (χ0v) is 14.4. The summed E-state index contributed by atoms with van der Waals surface area (Å²) in [7, 11) is 0. The molecule has 126 valence electrons. The van der Waals surface area contributed by atoms with E-state index in [0.717, 1.165) is 11.1 Å². The lowest BCUT2D eigenvalue weighted by molar-refractivity contribution is -0.130. The third-order valence-corrected chi connectivity index (χ3v) is 3.93. The van der Waals surface area contributed by atoms with Crippen LogP contribution in [0, 0.1) is 0 Å². The molecule has 0 aliphatic rings. The predicted octanol–water partition coefficient (Wildman–Crippen LogP) is 3.40. The van der Waals surface area contributed by atoms with E-state index in [9.17, 15) is 9.59 Å². The van der Waals surface area contributed by atoms with Crippen LogP contribution in [0.1, 0.15) is 24.5 Å². The number of nitrogens with zero attached hydrogens (tertiary/aromatic N) is 1. The second-order valence-electron chi connectivity index (χ2n) is 5.58. The number of carbonyl (C=O) groups excluding carboxylic acids is 2. The SMILES string of the molecule is CC(=O)N(CCC(=O)NCc1ccccc1)Cc1ccc(Cl)cc1. The zero-order chi connectivity index (χ0) is 17.4. The molecule has 1 N–H and O–H groups in total. The Morgan fingerprint density at radius 1 is 1.00 bits per heavy atom. The number of hydrogen-bond donors (Lipinski definition) is 1. The van der Waals surface area contributed by atoms with Crippen LogP contribution in [0.15, 0.2) is 54.6 Å². The van der Waals surface area contributed by atoms with Crippen molar-refractivity contribution in [2.24, 2.45) is 0 Å². The van der Waals surface area contributed by atoms with Gasteiger partial charge >= 0.3 is 0 Å². The fraction of sp³-hybridized carbons (Fsp3) is 0.263. The Morgan fingerprint density at radius 3 is 2.29 bits per heavy atom. The Bertz CT molecular complexity index is 672. The molecule has 5 heteroatoms. The van der Waals surface area contributed by atoms with Crippen LogP contribution in [-0.2, 0) is 22.7 Å². The Kier molecular flexibility index (Phi) is 6.82. The first kappa shape index (κ1) is 18.0. The molecule has 0 bridgehead atoms. The number of rotatable bonds is 7. The van der Waals surface area contributed by atoms with Crippen LogP contribution in [0.25, 0.3) is 0 Å². The molecule has 0 aliphatic carbocycles. The summed E-state index contributed by atoms with van der Waals surface area (Å²) in [6, 6.07) is 17.1. The van der Waals surface area contributed by atoms with E-state index in [1.54, 1.807) is 17.0 Å². The summed E-state index contributed by atoms with van der Waals surface area (Å²) >= 11 is 5.87. The summed E-state index contributed by atoms with van der Waals surface area (Å²) in [5, 5.41) is 3.53. The van der Waals surface area contributed by atoms with Crippen molar-refractivity contribution in [2.75, 3.05) is 6.54 Å². The van der Waals surface area contributed by atoms with Crippen molar-refractivity contribution in [3.8, 4) is 0 Å². The molecule has 24 heavy (non-hydrogen) atoms. The highest BCUT2D eigenvalue weighted by atomic mass is 35.5. The van der Waals surface area contributed by atoms with E-state index in [4.69, 9.17) is 11.6 Å². The second kappa shape index (κ2) is 9.08. The summed E-state index contributed by atoms with van der Waals surface area (Å²) in [4.78, 5) is 25.4. The molecule has 2 aromatic carbocycles. The van der Waals surface area contributed by atoms with Crippen LogP contribution in [0.3, 0.4) is 0 Å². The highest BCUT2D eigenvalue weighted by molar-refractivity contribution is 6.30. The third-order valence-electron chi connectivity index (χ3n) is 3.67. The molecule has 0 saturated carbocycles. The minimum atomic E-state index is -0.0683. The van der Waals surface area contributed by atoms with Crippen molar-refractivity contribution in [3.05, 3.63) is 70.7 Å². The number of carbonyl (C=O) groups is 2. The summed E-state index contributed by atoms with van der Waals surface area (Å²) < 4.78 is 0. The van der Waals surface area contributed by atoms with Crippen molar-refractivity contribution in [1.29, 1.82) is 0 Å². The first-order valence-corrected chi connectivity index (χ1v) is 8.23. The number of benzene rings is 2. The summed E-state index contributed by atoms with van der Waals surface area (Å²) in [5.74, 6) is -0.123. The van der Waals surface area contributed by atoms with Crippen molar-refractivity contribution in [1.82, 2.24) is 10.2 Å². The standard InChI is InChI=1S/C19H21ClN2O2/c1-15(23)22(14-17-7-9-18(20)10-8-17)12-11-19(24)21-13-16-5-3-2-4-6-16/h2-10H,11-14H2,1H3,(H,21,24). The van der Waals surface area contributed by atoms with Crippen LogP contribution < -0.4 is 5.32 Å². The van der Waals surface area contributed by atoms with Crippen LogP contribution in [0.5, 0.6) is 0 Å². The van der Waals surface area contributed by atoms with Gasteiger partial charge in [-0.1, -0.05) is 54.1 Å². The lowest BCUT2D eigenvalue weighted by Gasteiger charge is -2.21.